The van der Waals surface area contributed by atoms with E-state index in [0.29, 0.717) is 9.26 Å². The molecule has 0 spiro atoms. The Labute approximate surface area is 99.9 Å². The number of aromatic nitrogens is 1. The summed E-state index contributed by atoms with van der Waals surface area (Å²) in [5, 5.41) is 9.63. The maximum absolute atomic E-state index is 12.8. The summed E-state index contributed by atoms with van der Waals surface area (Å²) in [6.07, 6.45) is 0. The van der Waals surface area contributed by atoms with E-state index in [4.69, 9.17) is 0 Å². The van der Waals surface area contributed by atoms with Crippen molar-refractivity contribution in [3.05, 3.63) is 46.0 Å². The van der Waals surface area contributed by atoms with E-state index < -0.39 is 5.95 Å². The van der Waals surface area contributed by atoms with Crippen LogP contribution in [0.5, 0.6) is 5.75 Å². The van der Waals surface area contributed by atoms with Crippen LogP contribution in [0.3, 0.4) is 0 Å². The number of benzene rings is 1. The van der Waals surface area contributed by atoms with Gasteiger partial charge in [-0.25, -0.2) is 4.98 Å². The number of nitrogens with zero attached hydrogens (tertiary/aromatic N) is 1. The summed E-state index contributed by atoms with van der Waals surface area (Å²) in [6.45, 7) is 0. The van der Waals surface area contributed by atoms with Gasteiger partial charge in [0.1, 0.15) is 9.45 Å². The molecule has 2 aromatic rings. The quantitative estimate of drug-likeness (QED) is 0.647. The Morgan fingerprint density at radius 1 is 1.07 bits per heavy atom. The van der Waals surface area contributed by atoms with Gasteiger partial charge in [-0.05, 0) is 40.8 Å². The van der Waals surface area contributed by atoms with E-state index >= 15 is 0 Å². The molecule has 0 amide bonds. The molecule has 0 atom stereocenters. The Hall–Kier alpha value is -1.17. The third-order valence-electron chi connectivity index (χ3n) is 2.01. The fourth-order valence-electron chi connectivity index (χ4n) is 1.31. The first-order chi connectivity index (χ1) is 7.18. The number of para-hydroxylation sites is 1. The molecule has 0 aliphatic heterocycles. The van der Waals surface area contributed by atoms with E-state index in [1.54, 1.807) is 24.3 Å². The number of hydrogen-bond acceptors (Lipinski definition) is 2. The van der Waals surface area contributed by atoms with Crippen LogP contribution in [0.2, 0.25) is 0 Å². The first kappa shape index (κ1) is 10.4. The summed E-state index contributed by atoms with van der Waals surface area (Å²) in [4.78, 5) is 3.70. The van der Waals surface area contributed by atoms with Crippen molar-refractivity contribution in [1.29, 1.82) is 0 Å². The van der Waals surface area contributed by atoms with E-state index in [2.05, 4.69) is 4.98 Å². The van der Waals surface area contributed by atoms with Crippen LogP contribution in [-0.4, -0.2) is 10.1 Å². The highest BCUT2D eigenvalue weighted by Crippen LogP contribution is 2.31. The number of pyridine rings is 1. The zero-order valence-corrected chi connectivity index (χ0v) is 9.77. The molecule has 1 heterocycles. The molecule has 0 aliphatic carbocycles. The molecule has 0 saturated heterocycles. The lowest BCUT2D eigenvalue weighted by Crippen LogP contribution is -1.90. The highest BCUT2D eigenvalue weighted by Gasteiger charge is 2.08. The van der Waals surface area contributed by atoms with E-state index in [1.807, 2.05) is 28.7 Å². The standard InChI is InChI=1S/C11H7FINO/c12-10-6-5-8(11(13)14-10)7-3-1-2-4-9(7)15/h1-6,15H. The minimum absolute atomic E-state index is 0.170. The summed E-state index contributed by atoms with van der Waals surface area (Å²) < 4.78 is 13.3. The molecule has 15 heavy (non-hydrogen) atoms. The summed E-state index contributed by atoms with van der Waals surface area (Å²) >= 11 is 1.94. The molecule has 0 bridgehead atoms. The number of halogens is 2. The third-order valence-corrected chi connectivity index (χ3v) is 2.83. The van der Waals surface area contributed by atoms with Crippen LogP contribution >= 0.6 is 22.6 Å². The van der Waals surface area contributed by atoms with Gasteiger partial charge >= 0.3 is 0 Å². The van der Waals surface area contributed by atoms with Crippen molar-refractivity contribution in [2.24, 2.45) is 0 Å². The molecule has 0 aliphatic rings. The normalized spacial score (nSPS) is 10.3. The molecule has 2 rings (SSSR count). The maximum Gasteiger partial charge on any atom is 0.213 e. The second-order valence-corrected chi connectivity index (χ2v) is 4.01. The lowest BCUT2D eigenvalue weighted by molar-refractivity contribution is 0.477. The van der Waals surface area contributed by atoms with E-state index in [1.165, 1.54) is 6.07 Å². The van der Waals surface area contributed by atoms with Gasteiger partial charge in [0.15, 0.2) is 0 Å². The highest BCUT2D eigenvalue weighted by atomic mass is 127. The van der Waals surface area contributed by atoms with Crippen molar-refractivity contribution < 1.29 is 9.50 Å². The van der Waals surface area contributed by atoms with Gasteiger partial charge in [0.2, 0.25) is 5.95 Å². The van der Waals surface area contributed by atoms with Crippen LogP contribution in [0.4, 0.5) is 4.39 Å². The smallest absolute Gasteiger partial charge is 0.213 e. The zero-order valence-electron chi connectivity index (χ0n) is 7.61. The fourth-order valence-corrected chi connectivity index (χ4v) is 2.02. The molecule has 76 valence electrons. The van der Waals surface area contributed by atoms with Gasteiger partial charge in [0.25, 0.3) is 0 Å². The molecule has 2 nitrogen and oxygen atoms in total. The first-order valence-electron chi connectivity index (χ1n) is 4.29. The van der Waals surface area contributed by atoms with Crippen LogP contribution in [-0.2, 0) is 0 Å². The average Bonchev–Trinajstić information content (AvgIpc) is 2.20. The van der Waals surface area contributed by atoms with Crippen molar-refractivity contribution in [3.8, 4) is 16.9 Å². The van der Waals surface area contributed by atoms with E-state index in [9.17, 15) is 9.50 Å². The molecule has 1 N–H and O–H groups in total. The van der Waals surface area contributed by atoms with E-state index in [-0.39, 0.29) is 5.75 Å². The summed E-state index contributed by atoms with van der Waals surface area (Å²) in [5.74, 6) is -0.345. The van der Waals surface area contributed by atoms with Crippen molar-refractivity contribution in [2.45, 2.75) is 0 Å². The Bertz CT molecular complexity index is 502. The maximum atomic E-state index is 12.8. The number of phenols is 1. The van der Waals surface area contributed by atoms with Gasteiger partial charge < -0.3 is 5.11 Å². The van der Waals surface area contributed by atoms with Gasteiger partial charge in [-0.1, -0.05) is 18.2 Å². The van der Waals surface area contributed by atoms with Gasteiger partial charge in [0.05, 0.1) is 0 Å². The number of aromatic hydroxyl groups is 1. The lowest BCUT2D eigenvalue weighted by Gasteiger charge is -2.05. The van der Waals surface area contributed by atoms with Crippen LogP contribution in [0.25, 0.3) is 11.1 Å². The molecule has 0 radical (unpaired) electrons. The SMILES string of the molecule is Oc1ccccc1-c1ccc(F)nc1I. The molecule has 0 unspecified atom stereocenters. The summed E-state index contributed by atoms with van der Waals surface area (Å²) in [6, 6.07) is 9.81. The fraction of sp³-hybridized carbons (Fsp3) is 0. The number of hydrogen-bond donors (Lipinski definition) is 1. The number of rotatable bonds is 1. The predicted molar refractivity (Wildman–Crippen MR) is 64.0 cm³/mol. The van der Waals surface area contributed by atoms with Crippen molar-refractivity contribution in [3.63, 3.8) is 0 Å². The summed E-state index contributed by atoms with van der Waals surface area (Å²) in [5.41, 5.74) is 1.39. The predicted octanol–water partition coefficient (Wildman–Crippen LogP) is 3.20. The second kappa shape index (κ2) is 4.14. The Kier molecular flexibility index (Phi) is 2.86. The van der Waals surface area contributed by atoms with Crippen molar-refractivity contribution >= 4 is 22.6 Å². The first-order valence-corrected chi connectivity index (χ1v) is 5.37. The average molecular weight is 315 g/mol. The van der Waals surface area contributed by atoms with E-state index in [0.717, 1.165) is 5.56 Å². The molecule has 1 aromatic carbocycles. The molecule has 1 aromatic heterocycles. The number of phenolic OH excluding ortho intramolecular Hbond substituents is 1. The van der Waals surface area contributed by atoms with Gasteiger partial charge in [0, 0.05) is 11.1 Å². The lowest BCUT2D eigenvalue weighted by atomic mass is 10.1. The molecular formula is C11H7FINO. The third kappa shape index (κ3) is 2.09. The minimum Gasteiger partial charge on any atom is -0.507 e. The van der Waals surface area contributed by atoms with Gasteiger partial charge in [-0.15, -0.1) is 0 Å². The van der Waals surface area contributed by atoms with Gasteiger partial charge in [-0.3, -0.25) is 0 Å². The molecule has 0 saturated carbocycles. The minimum atomic E-state index is -0.515. The molecule has 4 heteroatoms. The van der Waals surface area contributed by atoms with Gasteiger partial charge in [-0.2, -0.15) is 4.39 Å². The molecule has 0 fully saturated rings. The Morgan fingerprint density at radius 2 is 1.80 bits per heavy atom. The van der Waals surface area contributed by atoms with Crippen LogP contribution in [0.15, 0.2) is 36.4 Å². The largest absolute Gasteiger partial charge is 0.507 e. The molecular weight excluding hydrogens is 308 g/mol. The van der Waals surface area contributed by atoms with Crippen LogP contribution < -0.4 is 0 Å². The van der Waals surface area contributed by atoms with Crippen molar-refractivity contribution in [1.82, 2.24) is 4.98 Å². The second-order valence-electron chi connectivity index (χ2n) is 2.99. The highest BCUT2D eigenvalue weighted by molar-refractivity contribution is 14.1. The topological polar surface area (TPSA) is 33.1 Å². The monoisotopic (exact) mass is 315 g/mol. The Morgan fingerprint density at radius 3 is 2.47 bits per heavy atom. The zero-order chi connectivity index (χ0) is 10.8. The Balaban J connectivity index is 2.60. The summed E-state index contributed by atoms with van der Waals surface area (Å²) in [7, 11) is 0. The van der Waals surface area contributed by atoms with Crippen LogP contribution in [0.1, 0.15) is 0 Å². The van der Waals surface area contributed by atoms with Crippen molar-refractivity contribution in [2.75, 3.05) is 0 Å². The van der Waals surface area contributed by atoms with Crippen LogP contribution in [0, 0.1) is 9.65 Å².